The molecule has 0 spiro atoms. The summed E-state index contributed by atoms with van der Waals surface area (Å²) in [7, 11) is 0. The van der Waals surface area contributed by atoms with Crippen molar-refractivity contribution >= 4 is 11.9 Å². The highest BCUT2D eigenvalue weighted by Gasteiger charge is 2.34. The van der Waals surface area contributed by atoms with E-state index in [0.717, 1.165) is 25.9 Å². The minimum absolute atomic E-state index is 0.000325. The summed E-state index contributed by atoms with van der Waals surface area (Å²) in [4.78, 5) is 22.4. The highest BCUT2D eigenvalue weighted by molar-refractivity contribution is 5.72. The van der Waals surface area contributed by atoms with Crippen LogP contribution in [0.5, 0.6) is 0 Å². The second-order valence-corrected chi connectivity index (χ2v) is 7.41. The van der Waals surface area contributed by atoms with Gasteiger partial charge in [0.15, 0.2) is 0 Å². The molecule has 5 heteroatoms. The molecule has 5 nitrogen and oxygen atoms in total. The molecule has 0 aromatic carbocycles. The Morgan fingerprint density at radius 3 is 2.00 bits per heavy atom. The van der Waals surface area contributed by atoms with Gasteiger partial charge in [-0.2, -0.15) is 0 Å². The van der Waals surface area contributed by atoms with Crippen LogP contribution in [-0.4, -0.2) is 36.9 Å². The van der Waals surface area contributed by atoms with Crippen molar-refractivity contribution in [3.8, 4) is 0 Å². The van der Waals surface area contributed by atoms with Crippen LogP contribution in [0.25, 0.3) is 0 Å². The maximum Gasteiger partial charge on any atom is 0.308 e. The van der Waals surface area contributed by atoms with E-state index >= 15 is 0 Å². The Labute approximate surface area is 146 Å². The molecule has 2 rings (SSSR count). The molecule has 0 amide bonds. The van der Waals surface area contributed by atoms with E-state index < -0.39 is 0 Å². The number of hydrogen-bond donors (Lipinski definition) is 0. The molecule has 1 aliphatic carbocycles. The van der Waals surface area contributed by atoms with Crippen LogP contribution in [0.15, 0.2) is 0 Å². The van der Waals surface area contributed by atoms with Crippen LogP contribution in [0.1, 0.15) is 73.1 Å². The van der Waals surface area contributed by atoms with Gasteiger partial charge in [0.05, 0.1) is 18.4 Å². The van der Waals surface area contributed by atoms with Gasteiger partial charge in [0, 0.05) is 0 Å². The molecule has 1 heterocycles. The summed E-state index contributed by atoms with van der Waals surface area (Å²) in [6.45, 7) is 10.7. The van der Waals surface area contributed by atoms with Gasteiger partial charge in [-0.3, -0.25) is 9.59 Å². The Balaban J connectivity index is 0.000000254. The Morgan fingerprint density at radius 2 is 1.58 bits per heavy atom. The van der Waals surface area contributed by atoms with Crippen molar-refractivity contribution < 1.29 is 23.8 Å². The predicted molar refractivity (Wildman–Crippen MR) is 92.6 cm³/mol. The van der Waals surface area contributed by atoms with E-state index in [9.17, 15) is 9.59 Å². The zero-order valence-corrected chi connectivity index (χ0v) is 15.9. The van der Waals surface area contributed by atoms with Gasteiger partial charge < -0.3 is 14.2 Å². The standard InChI is InChI=1S/C12H22O2.C7H12O3/c1-4-12(8-6-5-7-9-12)14-11(13)10(2)3;1-5(2)7(8)10-4-6-3-9-6/h10H,4-9H2,1-3H3;5-6H,3-4H2,1-2H3. The van der Waals surface area contributed by atoms with Gasteiger partial charge in [-0.15, -0.1) is 0 Å². The molecule has 2 fully saturated rings. The fraction of sp³-hybridized carbons (Fsp3) is 0.895. The molecule has 140 valence electrons. The van der Waals surface area contributed by atoms with E-state index in [1.165, 1.54) is 19.3 Å². The lowest BCUT2D eigenvalue weighted by Gasteiger charge is -2.36. The number of rotatable bonds is 6. The zero-order chi connectivity index (χ0) is 18.2. The second kappa shape index (κ2) is 10.0. The zero-order valence-electron chi connectivity index (χ0n) is 15.9. The number of esters is 2. The largest absolute Gasteiger partial charge is 0.463 e. The Kier molecular flexibility index (Phi) is 8.74. The van der Waals surface area contributed by atoms with Crippen molar-refractivity contribution in [1.29, 1.82) is 0 Å². The van der Waals surface area contributed by atoms with Crippen molar-refractivity contribution in [2.75, 3.05) is 13.2 Å². The average Bonchev–Trinajstić information content (AvgIpc) is 3.38. The van der Waals surface area contributed by atoms with Gasteiger partial charge in [0.2, 0.25) is 0 Å². The molecule has 1 aliphatic heterocycles. The summed E-state index contributed by atoms with van der Waals surface area (Å²) in [6.07, 6.45) is 6.97. The molecule has 1 unspecified atom stereocenters. The Bertz CT molecular complexity index is 393. The summed E-state index contributed by atoms with van der Waals surface area (Å²) in [6, 6.07) is 0. The van der Waals surface area contributed by atoms with Crippen LogP contribution in [-0.2, 0) is 23.8 Å². The third kappa shape index (κ3) is 7.65. The molecule has 0 aromatic rings. The number of epoxide rings is 1. The monoisotopic (exact) mass is 342 g/mol. The molecule has 24 heavy (non-hydrogen) atoms. The van der Waals surface area contributed by atoms with Crippen molar-refractivity contribution in [2.24, 2.45) is 11.8 Å². The molecule has 0 radical (unpaired) electrons. The molecule has 1 saturated carbocycles. The van der Waals surface area contributed by atoms with Gasteiger partial charge in [-0.25, -0.2) is 0 Å². The number of carbonyl (C=O) groups excluding carboxylic acids is 2. The first-order valence-electron chi connectivity index (χ1n) is 9.30. The first-order valence-corrected chi connectivity index (χ1v) is 9.30. The summed E-state index contributed by atoms with van der Waals surface area (Å²) in [5, 5.41) is 0. The van der Waals surface area contributed by atoms with Crippen LogP contribution in [0, 0.1) is 11.8 Å². The molecular weight excluding hydrogens is 308 g/mol. The lowest BCUT2D eigenvalue weighted by molar-refractivity contribution is -0.167. The quantitative estimate of drug-likeness (QED) is 0.541. The second-order valence-electron chi connectivity index (χ2n) is 7.41. The van der Waals surface area contributed by atoms with E-state index in [2.05, 4.69) is 6.92 Å². The molecule has 1 saturated heterocycles. The lowest BCUT2D eigenvalue weighted by Crippen LogP contribution is -2.37. The third-order valence-electron chi connectivity index (χ3n) is 4.48. The third-order valence-corrected chi connectivity index (χ3v) is 4.48. The molecule has 1 atom stereocenters. The van der Waals surface area contributed by atoms with E-state index in [4.69, 9.17) is 14.2 Å². The minimum atomic E-state index is -0.143. The van der Waals surface area contributed by atoms with Crippen LogP contribution in [0.4, 0.5) is 0 Å². The van der Waals surface area contributed by atoms with Crippen molar-refractivity contribution in [3.05, 3.63) is 0 Å². The maximum atomic E-state index is 11.6. The van der Waals surface area contributed by atoms with Gasteiger partial charge in [-0.1, -0.05) is 41.0 Å². The Hall–Kier alpha value is -1.10. The SMILES string of the molecule is CC(C)C(=O)OCC1CO1.CCC1(OC(=O)C(C)C)CCCCC1. The first kappa shape index (κ1) is 20.9. The fourth-order valence-corrected chi connectivity index (χ4v) is 2.56. The number of ether oxygens (including phenoxy) is 3. The highest BCUT2D eigenvalue weighted by atomic mass is 16.6. The summed E-state index contributed by atoms with van der Waals surface area (Å²) < 4.78 is 15.4. The van der Waals surface area contributed by atoms with Crippen LogP contribution < -0.4 is 0 Å². The summed E-state index contributed by atoms with van der Waals surface area (Å²) >= 11 is 0. The average molecular weight is 342 g/mol. The van der Waals surface area contributed by atoms with Gasteiger partial charge >= 0.3 is 11.9 Å². The van der Waals surface area contributed by atoms with E-state index in [0.29, 0.717) is 6.61 Å². The van der Waals surface area contributed by atoms with Crippen LogP contribution >= 0.6 is 0 Å². The van der Waals surface area contributed by atoms with Crippen molar-refractivity contribution in [3.63, 3.8) is 0 Å². The smallest absolute Gasteiger partial charge is 0.308 e. The summed E-state index contributed by atoms with van der Waals surface area (Å²) in [5.74, 6) is -0.205. The fourth-order valence-electron chi connectivity index (χ4n) is 2.56. The summed E-state index contributed by atoms with van der Waals surface area (Å²) in [5.41, 5.74) is -0.125. The van der Waals surface area contributed by atoms with E-state index in [1.54, 1.807) is 0 Å². The molecule has 0 bridgehead atoms. The van der Waals surface area contributed by atoms with Gasteiger partial charge in [0.25, 0.3) is 0 Å². The number of carbonyl (C=O) groups is 2. The van der Waals surface area contributed by atoms with Gasteiger partial charge in [-0.05, 0) is 32.1 Å². The lowest BCUT2D eigenvalue weighted by atomic mass is 9.82. The first-order chi connectivity index (χ1) is 11.3. The van der Waals surface area contributed by atoms with E-state index in [-0.39, 0.29) is 35.5 Å². The Morgan fingerprint density at radius 1 is 1.04 bits per heavy atom. The van der Waals surface area contributed by atoms with Crippen LogP contribution in [0.2, 0.25) is 0 Å². The van der Waals surface area contributed by atoms with Crippen molar-refractivity contribution in [1.82, 2.24) is 0 Å². The predicted octanol–water partition coefficient (Wildman–Crippen LogP) is 3.88. The molecule has 0 aromatic heterocycles. The van der Waals surface area contributed by atoms with E-state index in [1.807, 2.05) is 27.7 Å². The van der Waals surface area contributed by atoms with Gasteiger partial charge in [0.1, 0.15) is 18.3 Å². The van der Waals surface area contributed by atoms with Crippen LogP contribution in [0.3, 0.4) is 0 Å². The minimum Gasteiger partial charge on any atom is -0.463 e. The molecular formula is C19H34O5. The molecule has 0 N–H and O–H groups in total. The maximum absolute atomic E-state index is 11.6. The van der Waals surface area contributed by atoms with Crippen molar-refractivity contribution in [2.45, 2.75) is 84.8 Å². The topological polar surface area (TPSA) is 65.1 Å². The number of hydrogen-bond acceptors (Lipinski definition) is 5. The molecule has 2 aliphatic rings. The highest BCUT2D eigenvalue weighted by Crippen LogP contribution is 2.34. The normalized spacial score (nSPS) is 21.7.